The molecule has 2 aromatic rings. The Morgan fingerprint density at radius 2 is 2.18 bits per heavy atom. The van der Waals surface area contributed by atoms with Crippen LogP contribution >= 0.6 is 0 Å². The molecule has 1 aliphatic heterocycles. The maximum absolute atomic E-state index is 13.2. The number of alkyl halides is 3. The molecule has 0 saturated carbocycles. The number of oxazole rings is 1. The summed E-state index contributed by atoms with van der Waals surface area (Å²) in [5.41, 5.74) is -0.109. The van der Waals surface area contributed by atoms with Gasteiger partial charge in [0, 0.05) is 33.7 Å². The molecule has 7 heteroatoms. The average Bonchev–Trinajstić information content (AvgIpc) is 3.02. The molecule has 1 saturated heterocycles. The van der Waals surface area contributed by atoms with Crippen LogP contribution in [-0.2, 0) is 17.5 Å². The summed E-state index contributed by atoms with van der Waals surface area (Å²) in [7, 11) is 1.65. The molecule has 0 amide bonds. The van der Waals surface area contributed by atoms with Crippen molar-refractivity contribution in [1.29, 1.82) is 0 Å². The number of halogens is 3. The van der Waals surface area contributed by atoms with E-state index in [-0.39, 0.29) is 23.1 Å². The highest BCUT2D eigenvalue weighted by molar-refractivity contribution is 5.78. The second kappa shape index (κ2) is 5.55. The molecule has 1 unspecified atom stereocenters. The van der Waals surface area contributed by atoms with E-state index in [0.717, 1.165) is 25.6 Å². The van der Waals surface area contributed by atoms with Crippen molar-refractivity contribution in [2.24, 2.45) is 0 Å². The van der Waals surface area contributed by atoms with Gasteiger partial charge < -0.3 is 9.15 Å². The maximum Gasteiger partial charge on any atom is 0.420 e. The molecule has 120 valence electrons. The number of rotatable bonds is 3. The van der Waals surface area contributed by atoms with Gasteiger partial charge in [0.2, 0.25) is 0 Å². The number of methoxy groups -OCH3 is 1. The lowest BCUT2D eigenvalue weighted by molar-refractivity contribution is -0.136. The largest absolute Gasteiger partial charge is 0.440 e. The Labute approximate surface area is 125 Å². The molecule has 0 N–H and O–H groups in total. The molecule has 4 nitrogen and oxygen atoms in total. The Morgan fingerprint density at radius 3 is 2.82 bits per heavy atom. The Morgan fingerprint density at radius 1 is 1.41 bits per heavy atom. The van der Waals surface area contributed by atoms with Gasteiger partial charge in [-0.2, -0.15) is 13.2 Å². The Kier molecular flexibility index (Phi) is 3.86. The lowest BCUT2D eigenvalue weighted by atomic mass is 10.1. The van der Waals surface area contributed by atoms with Crippen LogP contribution in [0.25, 0.3) is 11.1 Å². The fourth-order valence-corrected chi connectivity index (χ4v) is 2.90. The van der Waals surface area contributed by atoms with Gasteiger partial charge in [0.15, 0.2) is 11.5 Å². The van der Waals surface area contributed by atoms with Crippen LogP contribution in [0.2, 0.25) is 0 Å². The van der Waals surface area contributed by atoms with Gasteiger partial charge in [0.1, 0.15) is 11.1 Å². The lowest BCUT2D eigenvalue weighted by Gasteiger charge is -2.17. The van der Waals surface area contributed by atoms with Gasteiger partial charge in [-0.05, 0) is 24.1 Å². The molecule has 1 aromatic carbocycles. The molecule has 1 atom stereocenters. The van der Waals surface area contributed by atoms with Crippen molar-refractivity contribution >= 4 is 11.1 Å². The minimum absolute atomic E-state index is 0.153. The number of hydrogen-bond acceptors (Lipinski definition) is 4. The number of benzene rings is 1. The van der Waals surface area contributed by atoms with E-state index in [1.807, 2.05) is 0 Å². The third kappa shape index (κ3) is 2.96. The Hall–Kier alpha value is -1.60. The SMILES string of the molecule is COC1CCN(Cc2cc(C(F)(F)F)c3oc(C)nc3c2)C1. The normalized spacial score (nSPS) is 20.1. The van der Waals surface area contributed by atoms with E-state index in [1.165, 1.54) is 0 Å². The predicted molar refractivity (Wildman–Crippen MR) is 74.4 cm³/mol. The molecule has 3 rings (SSSR count). The Bertz CT molecular complexity index is 681. The molecule has 1 aliphatic rings. The molecule has 0 bridgehead atoms. The van der Waals surface area contributed by atoms with E-state index in [4.69, 9.17) is 9.15 Å². The first-order valence-corrected chi connectivity index (χ1v) is 7.09. The number of aryl methyl sites for hydroxylation is 1. The number of nitrogens with zero attached hydrogens (tertiary/aromatic N) is 2. The van der Waals surface area contributed by atoms with Crippen molar-refractivity contribution in [3.63, 3.8) is 0 Å². The highest BCUT2D eigenvalue weighted by Crippen LogP contribution is 2.36. The van der Waals surface area contributed by atoms with E-state index in [9.17, 15) is 13.2 Å². The van der Waals surface area contributed by atoms with Gasteiger partial charge >= 0.3 is 6.18 Å². The van der Waals surface area contributed by atoms with Crippen molar-refractivity contribution < 1.29 is 22.3 Å². The lowest BCUT2D eigenvalue weighted by Crippen LogP contribution is -2.22. The van der Waals surface area contributed by atoms with E-state index < -0.39 is 11.7 Å². The van der Waals surface area contributed by atoms with E-state index in [2.05, 4.69) is 9.88 Å². The maximum atomic E-state index is 13.2. The van der Waals surface area contributed by atoms with Gasteiger partial charge in [0.25, 0.3) is 0 Å². The summed E-state index contributed by atoms with van der Waals surface area (Å²) in [6.07, 6.45) is -3.41. The van der Waals surface area contributed by atoms with Gasteiger partial charge in [-0.3, -0.25) is 4.90 Å². The molecule has 0 spiro atoms. The van der Waals surface area contributed by atoms with Crippen molar-refractivity contribution in [1.82, 2.24) is 9.88 Å². The monoisotopic (exact) mass is 314 g/mol. The first-order valence-electron chi connectivity index (χ1n) is 7.09. The second-order valence-corrected chi connectivity index (χ2v) is 5.60. The number of aromatic nitrogens is 1. The van der Waals surface area contributed by atoms with Gasteiger partial charge in [-0.15, -0.1) is 0 Å². The quantitative estimate of drug-likeness (QED) is 0.870. The minimum Gasteiger partial charge on any atom is -0.440 e. The average molecular weight is 314 g/mol. The zero-order chi connectivity index (χ0) is 15.9. The summed E-state index contributed by atoms with van der Waals surface area (Å²) in [6.45, 7) is 3.54. The smallest absolute Gasteiger partial charge is 0.420 e. The summed E-state index contributed by atoms with van der Waals surface area (Å²) in [5.74, 6) is 0.235. The molecule has 0 radical (unpaired) electrons. The third-order valence-electron chi connectivity index (χ3n) is 3.93. The number of ether oxygens (including phenoxy) is 1. The van der Waals surface area contributed by atoms with Crippen LogP contribution in [0.5, 0.6) is 0 Å². The number of likely N-dealkylation sites (tertiary alicyclic amines) is 1. The predicted octanol–water partition coefficient (Wildman–Crippen LogP) is 3.38. The topological polar surface area (TPSA) is 38.5 Å². The van der Waals surface area contributed by atoms with Crippen LogP contribution in [0.15, 0.2) is 16.5 Å². The zero-order valence-electron chi connectivity index (χ0n) is 12.4. The fourth-order valence-electron chi connectivity index (χ4n) is 2.90. The molecule has 0 aliphatic carbocycles. The van der Waals surface area contributed by atoms with Crippen LogP contribution < -0.4 is 0 Å². The van der Waals surface area contributed by atoms with Crippen molar-refractivity contribution in [3.8, 4) is 0 Å². The van der Waals surface area contributed by atoms with Crippen molar-refractivity contribution in [2.75, 3.05) is 20.2 Å². The molecular formula is C15H17F3N2O2. The first kappa shape index (κ1) is 15.3. The van der Waals surface area contributed by atoms with E-state index >= 15 is 0 Å². The van der Waals surface area contributed by atoms with Crippen LogP contribution in [0.1, 0.15) is 23.4 Å². The standard InChI is InChI=1S/C15H17F3N2O2/c1-9-19-13-6-10(7-20-4-3-11(8-20)21-2)5-12(14(13)22-9)15(16,17)18/h5-6,11H,3-4,7-8H2,1-2H3. The fraction of sp³-hybridized carbons (Fsp3) is 0.533. The van der Waals surface area contributed by atoms with Crippen molar-refractivity contribution in [3.05, 3.63) is 29.2 Å². The first-order chi connectivity index (χ1) is 10.4. The number of hydrogen-bond donors (Lipinski definition) is 0. The molecular weight excluding hydrogens is 297 g/mol. The van der Waals surface area contributed by atoms with Crippen molar-refractivity contribution in [2.45, 2.75) is 32.2 Å². The number of fused-ring (bicyclic) bond motifs is 1. The minimum atomic E-state index is -4.46. The zero-order valence-corrected chi connectivity index (χ0v) is 12.4. The molecule has 22 heavy (non-hydrogen) atoms. The summed E-state index contributed by atoms with van der Waals surface area (Å²) in [6, 6.07) is 2.83. The highest BCUT2D eigenvalue weighted by atomic mass is 19.4. The third-order valence-corrected chi connectivity index (χ3v) is 3.93. The Balaban J connectivity index is 1.93. The van der Waals surface area contributed by atoms with Crippen LogP contribution in [0, 0.1) is 6.92 Å². The van der Waals surface area contributed by atoms with E-state index in [0.29, 0.717) is 12.1 Å². The molecule has 1 fully saturated rings. The molecule has 1 aromatic heterocycles. The molecule has 2 heterocycles. The van der Waals surface area contributed by atoms with Gasteiger partial charge in [-0.25, -0.2) is 4.98 Å². The highest BCUT2D eigenvalue weighted by Gasteiger charge is 2.35. The summed E-state index contributed by atoms with van der Waals surface area (Å²) in [5, 5.41) is 0. The van der Waals surface area contributed by atoms with E-state index in [1.54, 1.807) is 20.1 Å². The summed E-state index contributed by atoms with van der Waals surface area (Å²) in [4.78, 5) is 6.13. The summed E-state index contributed by atoms with van der Waals surface area (Å²) < 4.78 is 50.0. The van der Waals surface area contributed by atoms with Crippen LogP contribution in [0.3, 0.4) is 0 Å². The van der Waals surface area contributed by atoms with Crippen LogP contribution in [0.4, 0.5) is 13.2 Å². The van der Waals surface area contributed by atoms with Gasteiger partial charge in [0.05, 0.1) is 6.10 Å². The van der Waals surface area contributed by atoms with Crippen LogP contribution in [-0.4, -0.2) is 36.2 Å². The second-order valence-electron chi connectivity index (χ2n) is 5.60. The van der Waals surface area contributed by atoms with Gasteiger partial charge in [-0.1, -0.05) is 0 Å². The summed E-state index contributed by atoms with van der Waals surface area (Å²) >= 11 is 0.